The van der Waals surface area contributed by atoms with Crippen LogP contribution in [0.25, 0.3) is 0 Å². The summed E-state index contributed by atoms with van der Waals surface area (Å²) in [7, 11) is 5.39. The highest BCUT2D eigenvalue weighted by atomic mass is 127. The van der Waals surface area contributed by atoms with Crippen molar-refractivity contribution in [3.05, 3.63) is 33.8 Å². The summed E-state index contributed by atoms with van der Waals surface area (Å²) in [6.07, 6.45) is 2.97. The first kappa shape index (κ1) is 26.3. The minimum atomic E-state index is -0.00311. The monoisotopic (exact) mass is 555 g/mol. The van der Waals surface area contributed by atoms with Crippen molar-refractivity contribution in [2.24, 2.45) is 4.99 Å². The molecule has 1 heterocycles. The molecular weight excluding hydrogens is 524 g/mol. The Morgan fingerprint density at radius 2 is 2.10 bits per heavy atom. The Morgan fingerprint density at radius 1 is 1.38 bits per heavy atom. The van der Waals surface area contributed by atoms with Gasteiger partial charge in [-0.05, 0) is 50.4 Å². The van der Waals surface area contributed by atoms with Gasteiger partial charge in [0.25, 0.3) is 0 Å². The average Bonchev–Trinajstić information content (AvgIpc) is 3.11. The summed E-state index contributed by atoms with van der Waals surface area (Å²) in [5.74, 6) is 0.928. The highest BCUT2D eigenvalue weighted by Crippen LogP contribution is 2.26. The van der Waals surface area contributed by atoms with Crippen LogP contribution in [0.5, 0.6) is 0 Å². The number of likely N-dealkylation sites (N-methyl/N-ethyl adjacent to an activating group) is 1. The SMILES string of the molecule is CN=C(NCCCN1CCCC1C(=O)N(C)C)NC(C)c1ccc(Cl)cc1Cl.I. The summed E-state index contributed by atoms with van der Waals surface area (Å²) in [4.78, 5) is 20.5. The summed E-state index contributed by atoms with van der Waals surface area (Å²) < 4.78 is 0. The maximum absolute atomic E-state index is 12.3. The van der Waals surface area contributed by atoms with Gasteiger partial charge in [0.15, 0.2) is 5.96 Å². The van der Waals surface area contributed by atoms with Crippen LogP contribution in [-0.4, -0.2) is 68.5 Å². The fraction of sp³-hybridized carbons (Fsp3) is 0.600. The van der Waals surface area contributed by atoms with Gasteiger partial charge in [0.1, 0.15) is 0 Å². The van der Waals surface area contributed by atoms with E-state index in [9.17, 15) is 4.79 Å². The zero-order valence-corrected chi connectivity index (χ0v) is 21.4. The number of benzene rings is 1. The predicted octanol–water partition coefficient (Wildman–Crippen LogP) is 3.78. The Labute approximate surface area is 201 Å². The molecule has 0 bridgehead atoms. The van der Waals surface area contributed by atoms with Crippen LogP contribution in [0, 0.1) is 0 Å². The van der Waals surface area contributed by atoms with E-state index in [2.05, 4.69) is 20.5 Å². The zero-order chi connectivity index (χ0) is 20.7. The van der Waals surface area contributed by atoms with Crippen LogP contribution in [0.1, 0.15) is 37.8 Å². The molecule has 1 amide bonds. The average molecular weight is 556 g/mol. The summed E-state index contributed by atoms with van der Waals surface area (Å²) in [6, 6.07) is 5.52. The summed E-state index contributed by atoms with van der Waals surface area (Å²) >= 11 is 12.3. The second-order valence-corrected chi connectivity index (χ2v) is 8.15. The minimum Gasteiger partial charge on any atom is -0.356 e. The molecule has 1 saturated heterocycles. The number of hydrogen-bond donors (Lipinski definition) is 2. The lowest BCUT2D eigenvalue weighted by molar-refractivity contribution is -0.133. The number of amides is 1. The number of nitrogens with zero attached hydrogens (tertiary/aromatic N) is 3. The van der Waals surface area contributed by atoms with Gasteiger partial charge >= 0.3 is 0 Å². The van der Waals surface area contributed by atoms with Crippen molar-refractivity contribution in [1.82, 2.24) is 20.4 Å². The molecule has 2 N–H and O–H groups in total. The van der Waals surface area contributed by atoms with Gasteiger partial charge in [-0.25, -0.2) is 0 Å². The van der Waals surface area contributed by atoms with Gasteiger partial charge in [-0.2, -0.15) is 0 Å². The number of nitrogens with one attached hydrogen (secondary N) is 2. The topological polar surface area (TPSA) is 60.0 Å². The lowest BCUT2D eigenvalue weighted by Gasteiger charge is -2.26. The van der Waals surface area contributed by atoms with Gasteiger partial charge in [-0.1, -0.05) is 29.3 Å². The molecule has 29 heavy (non-hydrogen) atoms. The van der Waals surface area contributed by atoms with Crippen LogP contribution in [0.15, 0.2) is 23.2 Å². The van der Waals surface area contributed by atoms with E-state index in [0.717, 1.165) is 50.4 Å². The van der Waals surface area contributed by atoms with Crippen LogP contribution in [0.2, 0.25) is 10.0 Å². The van der Waals surface area contributed by atoms with Crippen molar-refractivity contribution in [3.63, 3.8) is 0 Å². The molecule has 1 aliphatic heterocycles. The van der Waals surface area contributed by atoms with Crippen molar-refractivity contribution >= 4 is 59.0 Å². The molecule has 1 aliphatic rings. The fourth-order valence-electron chi connectivity index (χ4n) is 3.49. The Balaban J connectivity index is 0.00000420. The number of guanidine groups is 1. The van der Waals surface area contributed by atoms with Gasteiger partial charge < -0.3 is 15.5 Å². The molecule has 0 spiro atoms. The number of carbonyl (C=O) groups is 1. The molecule has 0 radical (unpaired) electrons. The number of rotatable bonds is 7. The van der Waals surface area contributed by atoms with Gasteiger partial charge in [0, 0.05) is 44.3 Å². The molecule has 0 aromatic heterocycles. The highest BCUT2D eigenvalue weighted by molar-refractivity contribution is 14.0. The van der Waals surface area contributed by atoms with E-state index < -0.39 is 0 Å². The molecule has 1 aromatic rings. The third kappa shape index (κ3) is 7.77. The molecule has 2 unspecified atom stereocenters. The van der Waals surface area contributed by atoms with Gasteiger partial charge in [-0.15, -0.1) is 24.0 Å². The standard InChI is InChI=1S/C20H31Cl2N5O.HI/c1-14(16-9-8-15(21)13-17(16)22)25-20(23-2)24-10-6-12-27-11-5-7-18(27)19(28)26(3)4;/h8-9,13-14,18H,5-7,10-12H2,1-4H3,(H2,23,24,25);1H. The third-order valence-corrected chi connectivity index (χ3v) is 5.57. The first-order valence-electron chi connectivity index (χ1n) is 9.70. The largest absolute Gasteiger partial charge is 0.356 e. The third-order valence-electron chi connectivity index (χ3n) is 5.01. The van der Waals surface area contributed by atoms with E-state index in [4.69, 9.17) is 23.2 Å². The maximum Gasteiger partial charge on any atom is 0.239 e. The van der Waals surface area contributed by atoms with E-state index in [1.54, 1.807) is 18.0 Å². The number of hydrogen-bond acceptors (Lipinski definition) is 3. The normalized spacial score (nSPS) is 18.1. The van der Waals surface area contributed by atoms with Crippen LogP contribution in [-0.2, 0) is 4.79 Å². The van der Waals surface area contributed by atoms with Crippen LogP contribution >= 0.6 is 47.2 Å². The van der Waals surface area contributed by atoms with Crippen LogP contribution < -0.4 is 10.6 Å². The Kier molecular flexibility index (Phi) is 11.6. The number of carbonyl (C=O) groups excluding carboxylic acids is 1. The number of halogens is 3. The van der Waals surface area contributed by atoms with Crippen molar-refractivity contribution in [1.29, 1.82) is 0 Å². The van der Waals surface area contributed by atoms with Crippen LogP contribution in [0.4, 0.5) is 0 Å². The van der Waals surface area contributed by atoms with E-state index in [-0.39, 0.29) is 42.0 Å². The molecule has 164 valence electrons. The molecule has 1 fully saturated rings. The Morgan fingerprint density at radius 3 is 2.72 bits per heavy atom. The van der Waals surface area contributed by atoms with E-state index in [0.29, 0.717) is 10.0 Å². The van der Waals surface area contributed by atoms with Crippen molar-refractivity contribution in [3.8, 4) is 0 Å². The smallest absolute Gasteiger partial charge is 0.239 e. The van der Waals surface area contributed by atoms with E-state index >= 15 is 0 Å². The fourth-order valence-corrected chi connectivity index (χ4v) is 4.06. The zero-order valence-electron chi connectivity index (χ0n) is 17.5. The Hall–Kier alpha value is -0.770. The molecule has 1 aromatic carbocycles. The predicted molar refractivity (Wildman–Crippen MR) is 133 cm³/mol. The second-order valence-electron chi connectivity index (χ2n) is 7.31. The molecular formula is C20H32Cl2IN5O. The van der Waals surface area contributed by atoms with Gasteiger partial charge in [0.05, 0.1) is 12.1 Å². The van der Waals surface area contributed by atoms with Crippen LogP contribution in [0.3, 0.4) is 0 Å². The van der Waals surface area contributed by atoms with Gasteiger partial charge in [-0.3, -0.25) is 14.7 Å². The van der Waals surface area contributed by atoms with Crippen molar-refractivity contribution < 1.29 is 4.79 Å². The van der Waals surface area contributed by atoms with Crippen molar-refractivity contribution in [2.75, 3.05) is 40.8 Å². The first-order valence-corrected chi connectivity index (χ1v) is 10.5. The summed E-state index contributed by atoms with van der Waals surface area (Å²) in [6.45, 7) is 4.69. The molecule has 0 saturated carbocycles. The van der Waals surface area contributed by atoms with Gasteiger partial charge in [0.2, 0.25) is 5.91 Å². The molecule has 2 atom stereocenters. The first-order chi connectivity index (χ1) is 13.3. The quantitative estimate of drug-likeness (QED) is 0.233. The molecule has 2 rings (SSSR count). The lowest BCUT2D eigenvalue weighted by Crippen LogP contribution is -2.44. The van der Waals surface area contributed by atoms with Crippen molar-refractivity contribution in [2.45, 2.75) is 38.3 Å². The second kappa shape index (κ2) is 12.8. The molecule has 9 heteroatoms. The van der Waals surface area contributed by atoms with E-state index in [1.165, 1.54) is 0 Å². The minimum absolute atomic E-state index is 0. The number of aliphatic imine (C=N–C) groups is 1. The maximum atomic E-state index is 12.3. The highest BCUT2D eigenvalue weighted by Gasteiger charge is 2.30. The summed E-state index contributed by atoms with van der Waals surface area (Å²) in [5, 5.41) is 7.94. The lowest BCUT2D eigenvalue weighted by atomic mass is 10.1. The number of likely N-dealkylation sites (tertiary alicyclic amines) is 1. The summed E-state index contributed by atoms with van der Waals surface area (Å²) in [5.41, 5.74) is 0.969. The Bertz CT molecular complexity index is 701. The molecule has 0 aliphatic carbocycles. The molecule has 6 nitrogen and oxygen atoms in total. The van der Waals surface area contributed by atoms with E-state index in [1.807, 2.05) is 33.2 Å².